The number of rotatable bonds is 6. The van der Waals surface area contributed by atoms with Crippen molar-refractivity contribution >= 4 is 16.9 Å². The number of amides is 1. The average Bonchev–Trinajstić information content (AvgIpc) is 2.83. The van der Waals surface area contributed by atoms with Crippen molar-refractivity contribution < 1.29 is 9.53 Å². The van der Waals surface area contributed by atoms with Gasteiger partial charge in [-0.05, 0) is 38.8 Å². The minimum atomic E-state index is -0.0905. The normalized spacial score (nSPS) is 11.4. The molecule has 0 saturated carbocycles. The van der Waals surface area contributed by atoms with Crippen molar-refractivity contribution in [3.8, 4) is 5.88 Å². The van der Waals surface area contributed by atoms with E-state index in [0.29, 0.717) is 18.8 Å². The Morgan fingerprint density at radius 2 is 2.29 bits per heavy atom. The highest BCUT2D eigenvalue weighted by molar-refractivity contribution is 5.88. The zero-order valence-electron chi connectivity index (χ0n) is 12.5. The van der Waals surface area contributed by atoms with Crippen molar-refractivity contribution in [1.82, 2.24) is 20.3 Å². The highest BCUT2D eigenvalue weighted by Gasteiger charge is 2.12. The van der Waals surface area contributed by atoms with Gasteiger partial charge in [0.15, 0.2) is 0 Å². The van der Waals surface area contributed by atoms with Crippen LogP contribution in [-0.2, 0) is 11.2 Å². The maximum absolute atomic E-state index is 11.4. The van der Waals surface area contributed by atoms with Crippen molar-refractivity contribution in [2.24, 2.45) is 0 Å². The largest absolute Gasteiger partial charge is 0.474 e. The number of likely N-dealkylation sites (N-methyl/N-ethyl adjacent to an activating group) is 1. The summed E-state index contributed by atoms with van der Waals surface area (Å²) >= 11 is 0. The van der Waals surface area contributed by atoms with E-state index in [9.17, 15) is 4.79 Å². The predicted octanol–water partition coefficient (Wildman–Crippen LogP) is 1.98. The van der Waals surface area contributed by atoms with Crippen LogP contribution < -0.4 is 10.1 Å². The van der Waals surface area contributed by atoms with E-state index in [1.54, 1.807) is 0 Å². The lowest BCUT2D eigenvalue weighted by Gasteiger charge is -2.09. The van der Waals surface area contributed by atoms with Gasteiger partial charge in [-0.25, -0.2) is 9.97 Å². The van der Waals surface area contributed by atoms with E-state index in [0.717, 1.165) is 16.6 Å². The summed E-state index contributed by atoms with van der Waals surface area (Å²) in [4.78, 5) is 22.9. The maximum Gasteiger partial charge on any atom is 0.243 e. The highest BCUT2D eigenvalue weighted by Crippen LogP contribution is 2.26. The Morgan fingerprint density at radius 3 is 3.00 bits per heavy atom. The summed E-state index contributed by atoms with van der Waals surface area (Å²) < 4.78 is 5.72. The number of hydrogen-bond acceptors (Lipinski definition) is 4. The lowest BCUT2D eigenvalue weighted by molar-refractivity contribution is -0.116. The molecule has 6 heteroatoms. The molecule has 0 bridgehead atoms. The number of allylic oxidation sites excluding steroid dienone is 1. The molecule has 2 N–H and O–H groups in total. The summed E-state index contributed by atoms with van der Waals surface area (Å²) in [5.41, 5.74) is 1.74. The molecule has 2 rings (SSSR count). The average molecular weight is 288 g/mol. The minimum absolute atomic E-state index is 0.0386. The molecule has 0 fully saturated rings. The highest BCUT2D eigenvalue weighted by atomic mass is 16.5. The first kappa shape index (κ1) is 15.0. The molecule has 2 aromatic heterocycles. The molecule has 2 heterocycles. The molecule has 0 unspecified atom stereocenters. The SMILES string of the molecule is CCNC(=O)C=CCc1c[nH]c2ncnc(OC(C)C)c12. The maximum atomic E-state index is 11.4. The van der Waals surface area contributed by atoms with E-state index in [-0.39, 0.29) is 12.0 Å². The Hall–Kier alpha value is -2.37. The molecule has 0 aliphatic heterocycles. The molecule has 0 atom stereocenters. The van der Waals surface area contributed by atoms with Crippen LogP contribution in [0.2, 0.25) is 0 Å². The second-order valence-electron chi connectivity index (χ2n) is 4.88. The van der Waals surface area contributed by atoms with Crippen molar-refractivity contribution in [3.05, 3.63) is 30.2 Å². The number of nitrogens with one attached hydrogen (secondary N) is 2. The molecule has 6 nitrogen and oxygen atoms in total. The van der Waals surface area contributed by atoms with E-state index >= 15 is 0 Å². The smallest absolute Gasteiger partial charge is 0.243 e. The molecule has 0 aliphatic rings. The van der Waals surface area contributed by atoms with Gasteiger partial charge >= 0.3 is 0 Å². The van der Waals surface area contributed by atoms with Crippen LogP contribution in [0.1, 0.15) is 26.3 Å². The summed E-state index contributed by atoms with van der Waals surface area (Å²) in [7, 11) is 0. The van der Waals surface area contributed by atoms with Crippen molar-refractivity contribution in [3.63, 3.8) is 0 Å². The zero-order chi connectivity index (χ0) is 15.2. The summed E-state index contributed by atoms with van der Waals surface area (Å²) in [6, 6.07) is 0. The Labute approximate surface area is 123 Å². The second kappa shape index (κ2) is 6.88. The van der Waals surface area contributed by atoms with Gasteiger partial charge in [0.05, 0.1) is 11.5 Å². The molecule has 112 valence electrons. The fourth-order valence-corrected chi connectivity index (χ4v) is 2.00. The van der Waals surface area contributed by atoms with Crippen LogP contribution in [-0.4, -0.2) is 33.5 Å². The number of hydrogen-bond donors (Lipinski definition) is 2. The molecular formula is C15H20N4O2. The zero-order valence-corrected chi connectivity index (χ0v) is 12.5. The number of nitrogens with zero attached hydrogens (tertiary/aromatic N) is 2. The number of carbonyl (C=O) groups is 1. The molecule has 2 aromatic rings. The Balaban J connectivity index is 2.22. The molecule has 0 spiro atoms. The lowest BCUT2D eigenvalue weighted by atomic mass is 10.1. The number of aromatic amines is 1. The molecular weight excluding hydrogens is 268 g/mol. The summed E-state index contributed by atoms with van der Waals surface area (Å²) in [6.07, 6.45) is 7.35. The van der Waals surface area contributed by atoms with Gasteiger partial charge < -0.3 is 15.0 Å². The molecule has 0 saturated heterocycles. The quantitative estimate of drug-likeness (QED) is 0.797. The van der Waals surface area contributed by atoms with Crippen molar-refractivity contribution in [2.75, 3.05) is 6.54 Å². The molecule has 1 amide bonds. The fraction of sp³-hybridized carbons (Fsp3) is 0.400. The predicted molar refractivity (Wildman–Crippen MR) is 81.2 cm³/mol. The second-order valence-corrected chi connectivity index (χ2v) is 4.88. The van der Waals surface area contributed by atoms with E-state index < -0.39 is 0 Å². The van der Waals surface area contributed by atoms with E-state index in [4.69, 9.17) is 4.74 Å². The molecule has 0 radical (unpaired) electrons. The van der Waals surface area contributed by atoms with Gasteiger partial charge in [0.25, 0.3) is 0 Å². The Kier molecular flexibility index (Phi) is 4.92. The van der Waals surface area contributed by atoms with Gasteiger partial charge in [0.2, 0.25) is 11.8 Å². The number of carbonyl (C=O) groups excluding carboxylic acids is 1. The first-order valence-corrected chi connectivity index (χ1v) is 7.03. The van der Waals surface area contributed by atoms with Gasteiger partial charge in [-0.1, -0.05) is 6.08 Å². The van der Waals surface area contributed by atoms with Crippen LogP contribution in [0, 0.1) is 0 Å². The standard InChI is InChI=1S/C15H20N4O2/c1-4-16-12(20)7-5-6-11-8-17-14-13(11)15(19-9-18-14)21-10(2)3/h5,7-10H,4,6H2,1-3H3,(H,16,20)(H,17,18,19). The summed E-state index contributed by atoms with van der Waals surface area (Å²) in [6.45, 7) is 6.42. The van der Waals surface area contributed by atoms with E-state index in [1.807, 2.05) is 33.0 Å². The molecule has 0 aromatic carbocycles. The molecule has 0 aliphatic carbocycles. The van der Waals surface area contributed by atoms with Gasteiger partial charge in [-0.2, -0.15) is 0 Å². The van der Waals surface area contributed by atoms with Gasteiger partial charge in [-0.3, -0.25) is 4.79 Å². The van der Waals surface area contributed by atoms with Gasteiger partial charge in [0, 0.05) is 12.7 Å². The van der Waals surface area contributed by atoms with Crippen molar-refractivity contribution in [2.45, 2.75) is 33.3 Å². The van der Waals surface area contributed by atoms with Crippen LogP contribution in [0.25, 0.3) is 11.0 Å². The van der Waals surface area contributed by atoms with Crippen LogP contribution in [0.15, 0.2) is 24.7 Å². The van der Waals surface area contributed by atoms with Crippen LogP contribution >= 0.6 is 0 Å². The third-order valence-electron chi connectivity index (χ3n) is 2.82. The monoisotopic (exact) mass is 288 g/mol. The minimum Gasteiger partial charge on any atom is -0.474 e. The van der Waals surface area contributed by atoms with Crippen LogP contribution in [0.4, 0.5) is 0 Å². The van der Waals surface area contributed by atoms with E-state index in [1.165, 1.54) is 12.4 Å². The fourth-order valence-electron chi connectivity index (χ4n) is 2.00. The topological polar surface area (TPSA) is 79.9 Å². The van der Waals surface area contributed by atoms with Gasteiger partial charge in [-0.15, -0.1) is 0 Å². The number of ether oxygens (including phenoxy) is 1. The summed E-state index contributed by atoms with van der Waals surface area (Å²) in [5, 5.41) is 3.58. The first-order chi connectivity index (χ1) is 10.1. The number of fused-ring (bicyclic) bond motifs is 1. The summed E-state index contributed by atoms with van der Waals surface area (Å²) in [5.74, 6) is 0.477. The Bertz CT molecular complexity index is 646. The number of aromatic nitrogens is 3. The van der Waals surface area contributed by atoms with E-state index in [2.05, 4.69) is 20.3 Å². The third-order valence-corrected chi connectivity index (χ3v) is 2.82. The van der Waals surface area contributed by atoms with Crippen LogP contribution in [0.5, 0.6) is 5.88 Å². The van der Waals surface area contributed by atoms with Crippen molar-refractivity contribution in [1.29, 1.82) is 0 Å². The van der Waals surface area contributed by atoms with Gasteiger partial charge in [0.1, 0.15) is 12.0 Å². The molecule has 21 heavy (non-hydrogen) atoms. The third kappa shape index (κ3) is 3.81. The first-order valence-electron chi connectivity index (χ1n) is 7.03. The Morgan fingerprint density at radius 1 is 1.48 bits per heavy atom. The number of H-pyrrole nitrogens is 1. The van der Waals surface area contributed by atoms with Crippen LogP contribution in [0.3, 0.4) is 0 Å². The lowest BCUT2D eigenvalue weighted by Crippen LogP contribution is -2.19.